The second kappa shape index (κ2) is 7.87. The molecule has 25 heavy (non-hydrogen) atoms. The summed E-state index contributed by atoms with van der Waals surface area (Å²) in [5, 5.41) is 15.5. The van der Waals surface area contributed by atoms with Crippen molar-refractivity contribution in [2.75, 3.05) is 0 Å². The third kappa shape index (κ3) is 4.62. The van der Waals surface area contributed by atoms with Crippen LogP contribution in [0.1, 0.15) is 56.0 Å². The molecular weight excluding hydrogens is 327 g/mol. The molecule has 0 spiro atoms. The van der Waals surface area contributed by atoms with Gasteiger partial charge in [-0.1, -0.05) is 26.0 Å². The number of nitrogens with zero attached hydrogens (tertiary/aromatic N) is 3. The molecule has 0 radical (unpaired) electrons. The molecule has 0 aliphatic heterocycles. The quantitative estimate of drug-likeness (QED) is 0.801. The molecule has 1 atom stereocenters. The van der Waals surface area contributed by atoms with E-state index in [2.05, 4.69) is 15.4 Å². The van der Waals surface area contributed by atoms with Crippen LogP contribution in [0.15, 0.2) is 24.3 Å². The van der Waals surface area contributed by atoms with Crippen LogP contribution in [0.2, 0.25) is 0 Å². The maximum Gasteiger partial charge on any atom is 0.303 e. The van der Waals surface area contributed by atoms with E-state index in [9.17, 15) is 14.0 Å². The number of aliphatic carboxylic acids is 1. The highest BCUT2D eigenvalue weighted by Gasteiger charge is 2.22. The molecule has 0 fully saturated rings. The molecule has 0 bridgehead atoms. The molecular formula is C17H21FN4O3. The van der Waals surface area contributed by atoms with Crippen LogP contribution in [-0.2, 0) is 4.79 Å². The van der Waals surface area contributed by atoms with Gasteiger partial charge in [-0.3, -0.25) is 9.59 Å². The van der Waals surface area contributed by atoms with E-state index in [1.165, 1.54) is 10.7 Å². The van der Waals surface area contributed by atoms with Crippen LogP contribution < -0.4 is 5.32 Å². The number of carboxylic acids is 1. The van der Waals surface area contributed by atoms with E-state index in [-0.39, 0.29) is 29.9 Å². The van der Waals surface area contributed by atoms with Crippen molar-refractivity contribution in [2.45, 2.75) is 45.6 Å². The third-order valence-corrected chi connectivity index (χ3v) is 3.60. The minimum Gasteiger partial charge on any atom is -0.481 e. The van der Waals surface area contributed by atoms with Gasteiger partial charge in [-0.05, 0) is 25.5 Å². The summed E-state index contributed by atoms with van der Waals surface area (Å²) < 4.78 is 15.4. The zero-order chi connectivity index (χ0) is 18.6. The Bertz CT molecular complexity index is 773. The predicted molar refractivity (Wildman–Crippen MR) is 89.2 cm³/mol. The van der Waals surface area contributed by atoms with E-state index in [1.54, 1.807) is 25.1 Å². The fourth-order valence-electron chi connectivity index (χ4n) is 2.30. The van der Waals surface area contributed by atoms with E-state index < -0.39 is 17.7 Å². The number of halogens is 1. The lowest BCUT2D eigenvalue weighted by Crippen LogP contribution is -2.33. The van der Waals surface area contributed by atoms with Crippen molar-refractivity contribution in [2.24, 2.45) is 0 Å². The fraction of sp³-hybridized carbons (Fsp3) is 0.412. The Hall–Kier alpha value is -2.77. The molecule has 1 aromatic heterocycles. The van der Waals surface area contributed by atoms with Crippen molar-refractivity contribution in [3.05, 3.63) is 41.7 Å². The van der Waals surface area contributed by atoms with E-state index in [0.29, 0.717) is 12.2 Å². The summed E-state index contributed by atoms with van der Waals surface area (Å²) in [6.07, 6.45) is 0.252. The van der Waals surface area contributed by atoms with Gasteiger partial charge in [0.1, 0.15) is 17.3 Å². The number of carboxylic acid groups (broad SMARTS) is 1. The molecule has 7 nitrogen and oxygen atoms in total. The fourth-order valence-corrected chi connectivity index (χ4v) is 2.30. The van der Waals surface area contributed by atoms with Crippen molar-refractivity contribution in [1.82, 2.24) is 20.1 Å². The molecule has 1 aromatic carbocycles. The standard InChI is InChI=1S/C17H21FN4O3/c1-10(2)16-20-15(17(25)19-11(3)8-9-14(23)24)21-22(16)13-7-5-4-6-12(13)18/h4-7,10-11H,8-9H2,1-3H3,(H,19,25)(H,23,24). The van der Waals surface area contributed by atoms with E-state index in [4.69, 9.17) is 5.11 Å². The number of amides is 1. The number of carbonyl (C=O) groups is 2. The third-order valence-electron chi connectivity index (χ3n) is 3.60. The van der Waals surface area contributed by atoms with Crippen molar-refractivity contribution in [1.29, 1.82) is 0 Å². The van der Waals surface area contributed by atoms with Crippen LogP contribution >= 0.6 is 0 Å². The number of nitrogens with one attached hydrogen (secondary N) is 1. The largest absolute Gasteiger partial charge is 0.481 e. The topological polar surface area (TPSA) is 97.1 Å². The lowest BCUT2D eigenvalue weighted by atomic mass is 10.2. The molecule has 2 N–H and O–H groups in total. The number of rotatable bonds is 7. The first-order valence-corrected chi connectivity index (χ1v) is 8.04. The highest BCUT2D eigenvalue weighted by molar-refractivity contribution is 5.90. The summed E-state index contributed by atoms with van der Waals surface area (Å²) in [7, 11) is 0. The molecule has 2 aromatic rings. The first-order chi connectivity index (χ1) is 11.8. The van der Waals surface area contributed by atoms with E-state index in [0.717, 1.165) is 0 Å². The maximum atomic E-state index is 14.1. The minimum atomic E-state index is -0.926. The summed E-state index contributed by atoms with van der Waals surface area (Å²) in [4.78, 5) is 27.1. The second-order valence-electron chi connectivity index (χ2n) is 6.12. The van der Waals surface area contributed by atoms with E-state index >= 15 is 0 Å². The molecule has 2 rings (SSSR count). The molecule has 1 heterocycles. The Morgan fingerprint density at radius 1 is 1.28 bits per heavy atom. The van der Waals surface area contributed by atoms with Crippen LogP contribution in [0.5, 0.6) is 0 Å². The lowest BCUT2D eigenvalue weighted by Gasteiger charge is -2.10. The van der Waals surface area contributed by atoms with Crippen molar-refractivity contribution in [3.63, 3.8) is 0 Å². The van der Waals surface area contributed by atoms with Gasteiger partial charge in [-0.25, -0.2) is 14.1 Å². The Labute approximate surface area is 144 Å². The van der Waals surface area contributed by atoms with Crippen LogP contribution in [-0.4, -0.2) is 37.8 Å². The minimum absolute atomic E-state index is 0.0458. The summed E-state index contributed by atoms with van der Waals surface area (Å²) in [6.45, 7) is 5.45. The van der Waals surface area contributed by atoms with Crippen molar-refractivity contribution < 1.29 is 19.1 Å². The molecule has 0 aliphatic rings. The van der Waals surface area contributed by atoms with Gasteiger partial charge in [0.15, 0.2) is 0 Å². The molecule has 134 valence electrons. The Balaban J connectivity index is 2.25. The zero-order valence-corrected chi connectivity index (χ0v) is 14.4. The molecule has 8 heteroatoms. The highest BCUT2D eigenvalue weighted by Crippen LogP contribution is 2.19. The summed E-state index contributed by atoms with van der Waals surface area (Å²) in [5.41, 5.74) is 0.219. The number of aromatic nitrogens is 3. The maximum absolute atomic E-state index is 14.1. The Morgan fingerprint density at radius 2 is 1.96 bits per heavy atom. The zero-order valence-electron chi connectivity index (χ0n) is 14.4. The average molecular weight is 348 g/mol. The summed E-state index contributed by atoms with van der Waals surface area (Å²) in [5.74, 6) is -1.59. The molecule has 0 saturated carbocycles. The van der Waals surface area contributed by atoms with Crippen LogP contribution in [0.4, 0.5) is 4.39 Å². The van der Waals surface area contributed by atoms with Gasteiger partial charge in [-0.2, -0.15) is 0 Å². The SMILES string of the molecule is CC(CCC(=O)O)NC(=O)c1nc(C(C)C)n(-c2ccccc2F)n1. The Morgan fingerprint density at radius 3 is 2.56 bits per heavy atom. The molecule has 1 amide bonds. The van der Waals surface area contributed by atoms with Crippen LogP contribution in [0, 0.1) is 5.82 Å². The number of benzene rings is 1. The molecule has 0 aliphatic carbocycles. The molecule has 1 unspecified atom stereocenters. The van der Waals surface area contributed by atoms with Crippen molar-refractivity contribution in [3.8, 4) is 5.69 Å². The Kier molecular flexibility index (Phi) is 5.84. The number of hydrogen-bond donors (Lipinski definition) is 2. The summed E-state index contributed by atoms with van der Waals surface area (Å²) >= 11 is 0. The van der Waals surface area contributed by atoms with Gasteiger partial charge < -0.3 is 10.4 Å². The van der Waals surface area contributed by atoms with E-state index in [1.807, 2.05) is 13.8 Å². The highest BCUT2D eigenvalue weighted by atomic mass is 19.1. The molecule has 0 saturated heterocycles. The van der Waals surface area contributed by atoms with Gasteiger partial charge in [0.2, 0.25) is 5.82 Å². The predicted octanol–water partition coefficient (Wildman–Crippen LogP) is 2.51. The summed E-state index contributed by atoms with van der Waals surface area (Å²) in [6, 6.07) is 5.79. The monoisotopic (exact) mass is 348 g/mol. The number of carbonyl (C=O) groups excluding carboxylic acids is 1. The first-order valence-electron chi connectivity index (χ1n) is 8.04. The smallest absolute Gasteiger partial charge is 0.303 e. The first kappa shape index (κ1) is 18.6. The number of hydrogen-bond acceptors (Lipinski definition) is 4. The van der Waals surface area contributed by atoms with Gasteiger partial charge in [0.05, 0.1) is 0 Å². The number of para-hydroxylation sites is 1. The second-order valence-corrected chi connectivity index (χ2v) is 6.12. The van der Waals surface area contributed by atoms with Crippen molar-refractivity contribution >= 4 is 11.9 Å². The average Bonchev–Trinajstić information content (AvgIpc) is 2.99. The van der Waals surface area contributed by atoms with Gasteiger partial charge in [0, 0.05) is 18.4 Å². The van der Waals surface area contributed by atoms with Gasteiger partial charge in [-0.15, -0.1) is 5.10 Å². The van der Waals surface area contributed by atoms with Gasteiger partial charge >= 0.3 is 5.97 Å². The normalized spacial score (nSPS) is 12.2. The van der Waals surface area contributed by atoms with Crippen LogP contribution in [0.3, 0.4) is 0 Å². The van der Waals surface area contributed by atoms with Crippen LogP contribution in [0.25, 0.3) is 5.69 Å². The van der Waals surface area contributed by atoms with Gasteiger partial charge in [0.25, 0.3) is 5.91 Å². The lowest BCUT2D eigenvalue weighted by molar-refractivity contribution is -0.137.